The lowest BCUT2D eigenvalue weighted by Crippen LogP contribution is -2.59. The fraction of sp³-hybridized carbons (Fsp3) is 0.560. The molecule has 0 radical (unpaired) electrons. The molecule has 1 aromatic carbocycles. The Labute approximate surface area is 201 Å². The second-order valence-corrected chi connectivity index (χ2v) is 9.41. The minimum atomic E-state index is -1.48. The Hall–Kier alpha value is -2.59. The van der Waals surface area contributed by atoms with E-state index in [2.05, 4.69) is 5.43 Å². The van der Waals surface area contributed by atoms with Crippen LogP contribution in [0.1, 0.15) is 45.6 Å². The molecular weight excluding hydrogens is 436 g/mol. The third-order valence-corrected chi connectivity index (χ3v) is 6.60. The topological polar surface area (TPSA) is 157 Å². The van der Waals surface area contributed by atoms with Crippen molar-refractivity contribution in [3.63, 3.8) is 0 Å². The summed E-state index contributed by atoms with van der Waals surface area (Å²) < 4.78 is 5.54. The molecule has 1 fully saturated rings. The molecule has 34 heavy (non-hydrogen) atoms. The Balaban J connectivity index is 2.84. The summed E-state index contributed by atoms with van der Waals surface area (Å²) >= 11 is 0. The van der Waals surface area contributed by atoms with Gasteiger partial charge in [0, 0.05) is 13.2 Å². The van der Waals surface area contributed by atoms with Crippen LogP contribution in [0.2, 0.25) is 0 Å². The maximum atomic E-state index is 14.0. The van der Waals surface area contributed by atoms with E-state index in [-0.39, 0.29) is 24.0 Å². The molecule has 188 valence electrons. The second kappa shape index (κ2) is 12.8. The number of Topliss-reactive ketones (excluding diaryl/α,β-unsaturated/α-hetero) is 1. The summed E-state index contributed by atoms with van der Waals surface area (Å²) in [6, 6.07) is 8.44. The molecule has 1 unspecified atom stereocenters. The SMILES string of the molecule is CC(C)C[C@@H](C(=O)NN)[C@H](C(=O)NO)C(/C=C/c1ccccc1)(C(=O)[C@@H](C)N)C1CCOCC1. The van der Waals surface area contributed by atoms with E-state index < -0.39 is 35.1 Å². The largest absolute Gasteiger partial charge is 0.381 e. The average Bonchev–Trinajstić information content (AvgIpc) is 2.85. The maximum absolute atomic E-state index is 14.0. The zero-order valence-electron chi connectivity index (χ0n) is 20.2. The van der Waals surface area contributed by atoms with Gasteiger partial charge in [0.25, 0.3) is 0 Å². The van der Waals surface area contributed by atoms with Crippen molar-refractivity contribution >= 4 is 23.7 Å². The number of hydrogen-bond donors (Lipinski definition) is 5. The number of rotatable bonds is 11. The molecule has 1 saturated heterocycles. The van der Waals surface area contributed by atoms with E-state index in [1.807, 2.05) is 44.2 Å². The third-order valence-electron chi connectivity index (χ3n) is 6.60. The summed E-state index contributed by atoms with van der Waals surface area (Å²) in [7, 11) is 0. The Bertz CT molecular complexity index is 852. The second-order valence-electron chi connectivity index (χ2n) is 9.41. The Morgan fingerprint density at radius 2 is 1.76 bits per heavy atom. The fourth-order valence-corrected chi connectivity index (χ4v) is 5.11. The summed E-state index contributed by atoms with van der Waals surface area (Å²) in [6.45, 7) is 6.20. The minimum Gasteiger partial charge on any atom is -0.381 e. The van der Waals surface area contributed by atoms with Gasteiger partial charge in [0.05, 0.1) is 23.3 Å². The molecule has 1 heterocycles. The van der Waals surface area contributed by atoms with Crippen molar-refractivity contribution in [3.8, 4) is 0 Å². The molecule has 7 N–H and O–H groups in total. The molecule has 0 aliphatic carbocycles. The first-order chi connectivity index (χ1) is 16.2. The highest BCUT2D eigenvalue weighted by Gasteiger charge is 2.57. The van der Waals surface area contributed by atoms with Gasteiger partial charge in [-0.3, -0.25) is 25.0 Å². The third kappa shape index (κ3) is 6.29. The van der Waals surface area contributed by atoms with Gasteiger partial charge < -0.3 is 10.5 Å². The van der Waals surface area contributed by atoms with Crippen molar-refractivity contribution < 1.29 is 24.3 Å². The first kappa shape index (κ1) is 27.7. The number of nitrogens with one attached hydrogen (secondary N) is 2. The monoisotopic (exact) mass is 474 g/mol. The number of amides is 2. The first-order valence-corrected chi connectivity index (χ1v) is 11.7. The van der Waals surface area contributed by atoms with Crippen molar-refractivity contribution in [3.05, 3.63) is 42.0 Å². The van der Waals surface area contributed by atoms with Gasteiger partial charge in [0.15, 0.2) is 5.78 Å². The number of ketones is 1. The van der Waals surface area contributed by atoms with E-state index in [1.165, 1.54) is 0 Å². The highest BCUT2D eigenvalue weighted by Crippen LogP contribution is 2.49. The molecule has 1 aromatic rings. The average molecular weight is 475 g/mol. The molecule has 4 atom stereocenters. The zero-order valence-corrected chi connectivity index (χ0v) is 20.2. The lowest BCUT2D eigenvalue weighted by molar-refractivity contribution is -0.155. The van der Waals surface area contributed by atoms with Crippen LogP contribution in [0.25, 0.3) is 6.08 Å². The van der Waals surface area contributed by atoms with Crippen LogP contribution < -0.4 is 22.5 Å². The summed E-state index contributed by atoms with van der Waals surface area (Å²) in [5.74, 6) is 1.16. The Morgan fingerprint density at radius 3 is 2.26 bits per heavy atom. The lowest BCUT2D eigenvalue weighted by Gasteiger charge is -2.47. The van der Waals surface area contributed by atoms with Gasteiger partial charge in [-0.1, -0.05) is 56.3 Å². The number of hydrazine groups is 1. The van der Waals surface area contributed by atoms with Crippen LogP contribution in [0.3, 0.4) is 0 Å². The van der Waals surface area contributed by atoms with Crippen molar-refractivity contribution in [2.24, 2.45) is 40.7 Å². The molecular formula is C25H38N4O5. The van der Waals surface area contributed by atoms with Crippen molar-refractivity contribution in [2.75, 3.05) is 13.2 Å². The van der Waals surface area contributed by atoms with Gasteiger partial charge in [0.2, 0.25) is 11.8 Å². The summed E-state index contributed by atoms with van der Waals surface area (Å²) in [5, 5.41) is 9.76. The molecule has 0 aromatic heterocycles. The minimum absolute atomic E-state index is 0.00665. The number of carbonyl (C=O) groups excluding carboxylic acids is 3. The van der Waals surface area contributed by atoms with Crippen LogP contribution >= 0.6 is 0 Å². The van der Waals surface area contributed by atoms with E-state index >= 15 is 0 Å². The van der Waals surface area contributed by atoms with E-state index in [1.54, 1.807) is 24.6 Å². The van der Waals surface area contributed by atoms with E-state index in [4.69, 9.17) is 16.3 Å². The number of hydrogen-bond acceptors (Lipinski definition) is 7. The zero-order chi connectivity index (χ0) is 25.3. The highest BCUT2D eigenvalue weighted by molar-refractivity contribution is 5.99. The van der Waals surface area contributed by atoms with Gasteiger partial charge in [-0.05, 0) is 43.6 Å². The quantitative estimate of drug-likeness (QED) is 0.142. The molecule has 1 aliphatic heterocycles. The Kier molecular flexibility index (Phi) is 10.4. The van der Waals surface area contributed by atoms with E-state index in [0.717, 1.165) is 5.56 Å². The van der Waals surface area contributed by atoms with E-state index in [9.17, 15) is 19.6 Å². The number of benzene rings is 1. The number of carbonyl (C=O) groups is 3. The van der Waals surface area contributed by atoms with Crippen LogP contribution in [0.15, 0.2) is 36.4 Å². The fourth-order valence-electron chi connectivity index (χ4n) is 5.11. The normalized spacial score (nSPS) is 19.3. The predicted molar refractivity (Wildman–Crippen MR) is 129 cm³/mol. The van der Waals surface area contributed by atoms with E-state index in [0.29, 0.717) is 26.1 Å². The van der Waals surface area contributed by atoms with Gasteiger partial charge >= 0.3 is 0 Å². The number of nitrogens with two attached hydrogens (primary N) is 2. The molecule has 9 heteroatoms. The molecule has 0 spiro atoms. The standard InChI is InChI=1S/C25H38N4O5/c1-16(2)15-20(23(31)28-27)21(24(32)29-33)25(22(30)17(3)26,19-10-13-34-14-11-19)12-9-18-7-5-4-6-8-18/h4-9,12,16-17,19-21,33H,10-11,13-15,26-27H2,1-3H3,(H,28,31)(H,29,32)/b12-9+/t17-,20-,21-,25?/m1/s1. The van der Waals surface area contributed by atoms with Crippen LogP contribution in [0.5, 0.6) is 0 Å². The summed E-state index contributed by atoms with van der Waals surface area (Å²) in [5.41, 5.74) is 9.37. The molecule has 9 nitrogen and oxygen atoms in total. The van der Waals surface area contributed by atoms with Crippen LogP contribution in [-0.4, -0.2) is 42.1 Å². The van der Waals surface area contributed by atoms with Gasteiger partial charge in [0.1, 0.15) is 0 Å². The summed E-state index contributed by atoms with van der Waals surface area (Å²) in [4.78, 5) is 40.4. The smallest absolute Gasteiger partial charge is 0.248 e. The predicted octanol–water partition coefficient (Wildman–Crippen LogP) is 1.80. The number of ether oxygens (including phenoxy) is 1. The van der Waals surface area contributed by atoms with Gasteiger partial charge in [-0.25, -0.2) is 11.3 Å². The van der Waals surface area contributed by atoms with Gasteiger partial charge in [-0.2, -0.15) is 0 Å². The molecule has 0 bridgehead atoms. The molecule has 2 rings (SSSR count). The molecule has 0 saturated carbocycles. The number of hydroxylamine groups is 1. The number of allylic oxidation sites excluding steroid dienone is 1. The van der Waals surface area contributed by atoms with Crippen LogP contribution in [0, 0.1) is 29.1 Å². The van der Waals surface area contributed by atoms with Crippen molar-refractivity contribution in [1.82, 2.24) is 10.9 Å². The van der Waals surface area contributed by atoms with Crippen LogP contribution in [0.4, 0.5) is 0 Å². The molecule has 1 aliphatic rings. The van der Waals surface area contributed by atoms with Gasteiger partial charge in [-0.15, -0.1) is 0 Å². The maximum Gasteiger partial charge on any atom is 0.248 e. The first-order valence-electron chi connectivity index (χ1n) is 11.7. The molecule has 2 amide bonds. The van der Waals surface area contributed by atoms with Crippen LogP contribution in [-0.2, 0) is 19.1 Å². The Morgan fingerprint density at radius 1 is 1.15 bits per heavy atom. The van der Waals surface area contributed by atoms with Crippen molar-refractivity contribution in [1.29, 1.82) is 0 Å². The van der Waals surface area contributed by atoms with Crippen molar-refractivity contribution in [2.45, 2.75) is 46.1 Å². The summed E-state index contributed by atoms with van der Waals surface area (Å²) in [6.07, 6.45) is 4.75. The highest BCUT2D eigenvalue weighted by atomic mass is 16.5. The lowest BCUT2D eigenvalue weighted by atomic mass is 9.56.